The summed E-state index contributed by atoms with van der Waals surface area (Å²) in [5, 5.41) is 9.96. The van der Waals surface area contributed by atoms with E-state index >= 15 is 0 Å². The summed E-state index contributed by atoms with van der Waals surface area (Å²) in [6, 6.07) is 6.10. The van der Waals surface area contributed by atoms with Gasteiger partial charge < -0.3 is 5.11 Å². The molecule has 0 spiro atoms. The lowest BCUT2D eigenvalue weighted by Gasteiger charge is -2.20. The van der Waals surface area contributed by atoms with Gasteiger partial charge in [0.2, 0.25) is 0 Å². The largest absolute Gasteiger partial charge is 0.393 e. The minimum atomic E-state index is -0.0151. The first kappa shape index (κ1) is 9.34. The minimum absolute atomic E-state index is 0.0151. The van der Waals surface area contributed by atoms with Crippen molar-refractivity contribution in [2.24, 2.45) is 17.8 Å². The maximum absolute atomic E-state index is 9.96. The monoisotopic (exact) mass is 203 g/mol. The third-order valence-electron chi connectivity index (χ3n) is 4.20. The number of rotatable bonds is 2. The zero-order chi connectivity index (χ0) is 10.3. The molecule has 2 fully saturated rings. The Kier molecular flexibility index (Phi) is 2.24. The van der Waals surface area contributed by atoms with Crippen molar-refractivity contribution in [3.63, 3.8) is 0 Å². The Morgan fingerprint density at radius 1 is 1.33 bits per heavy atom. The molecule has 2 heteroatoms. The maximum Gasteiger partial charge on any atom is 0.0599 e. The van der Waals surface area contributed by atoms with Gasteiger partial charge in [0, 0.05) is 11.9 Å². The average Bonchev–Trinajstić information content (AvgIpc) is 2.75. The Hall–Kier alpha value is -0.890. The van der Waals surface area contributed by atoms with Crippen LogP contribution in [0.4, 0.5) is 0 Å². The minimum Gasteiger partial charge on any atom is -0.393 e. The van der Waals surface area contributed by atoms with Crippen LogP contribution in [-0.4, -0.2) is 16.2 Å². The fourth-order valence-electron chi connectivity index (χ4n) is 3.46. The van der Waals surface area contributed by atoms with Gasteiger partial charge in [-0.3, -0.25) is 4.98 Å². The van der Waals surface area contributed by atoms with Gasteiger partial charge in [0.25, 0.3) is 0 Å². The first-order valence-corrected chi connectivity index (χ1v) is 5.92. The van der Waals surface area contributed by atoms with Crippen LogP contribution < -0.4 is 0 Å². The van der Waals surface area contributed by atoms with Crippen LogP contribution in [0.15, 0.2) is 24.4 Å². The Labute approximate surface area is 90.4 Å². The van der Waals surface area contributed by atoms with Gasteiger partial charge in [-0.15, -0.1) is 0 Å². The van der Waals surface area contributed by atoms with Crippen molar-refractivity contribution in [1.29, 1.82) is 0 Å². The van der Waals surface area contributed by atoms with Crippen LogP contribution in [0.1, 0.15) is 25.0 Å². The standard InChI is InChI=1S/C13H17NO/c15-13-9-4-5-12(13)10(7-9)8-11-3-1-2-6-14-11/h1-3,6,9-10,12-13,15H,4-5,7-8H2. The molecular formula is C13H17NO. The second-order valence-corrected chi connectivity index (χ2v) is 5.01. The maximum atomic E-state index is 9.96. The Balaban J connectivity index is 1.71. The van der Waals surface area contributed by atoms with E-state index in [1.54, 1.807) is 0 Å². The average molecular weight is 203 g/mol. The summed E-state index contributed by atoms with van der Waals surface area (Å²) in [7, 11) is 0. The molecule has 4 unspecified atom stereocenters. The van der Waals surface area contributed by atoms with Crippen molar-refractivity contribution in [3.8, 4) is 0 Å². The predicted octanol–water partition coefficient (Wildman–Crippen LogP) is 2.03. The molecule has 4 atom stereocenters. The lowest BCUT2D eigenvalue weighted by Crippen LogP contribution is -2.17. The summed E-state index contributed by atoms with van der Waals surface area (Å²) in [6.07, 6.45) is 6.58. The van der Waals surface area contributed by atoms with Gasteiger partial charge in [0.05, 0.1) is 6.10 Å². The molecule has 2 aliphatic rings. The Morgan fingerprint density at radius 3 is 2.87 bits per heavy atom. The normalized spacial score (nSPS) is 38.5. The molecule has 1 heterocycles. The summed E-state index contributed by atoms with van der Waals surface area (Å²) < 4.78 is 0. The molecule has 1 N–H and O–H groups in total. The highest BCUT2D eigenvalue weighted by Crippen LogP contribution is 2.49. The Morgan fingerprint density at radius 2 is 2.27 bits per heavy atom. The Bertz CT molecular complexity index is 338. The van der Waals surface area contributed by atoms with Crippen LogP contribution in [0.25, 0.3) is 0 Å². The lowest BCUT2D eigenvalue weighted by molar-refractivity contribution is 0.120. The summed E-state index contributed by atoms with van der Waals surface area (Å²) in [5.41, 5.74) is 1.18. The molecule has 0 amide bonds. The smallest absolute Gasteiger partial charge is 0.0599 e. The molecule has 80 valence electrons. The molecule has 0 aromatic carbocycles. The van der Waals surface area contributed by atoms with Gasteiger partial charge in [-0.1, -0.05) is 6.07 Å². The topological polar surface area (TPSA) is 33.1 Å². The molecule has 3 rings (SSSR count). The highest BCUT2D eigenvalue weighted by atomic mass is 16.3. The van der Waals surface area contributed by atoms with E-state index in [1.807, 2.05) is 18.3 Å². The van der Waals surface area contributed by atoms with Crippen molar-refractivity contribution in [2.45, 2.75) is 31.8 Å². The highest BCUT2D eigenvalue weighted by Gasteiger charge is 2.46. The van der Waals surface area contributed by atoms with E-state index in [2.05, 4.69) is 11.1 Å². The van der Waals surface area contributed by atoms with E-state index in [0.29, 0.717) is 17.8 Å². The molecule has 0 radical (unpaired) electrons. The summed E-state index contributed by atoms with van der Waals surface area (Å²) >= 11 is 0. The SMILES string of the molecule is OC1C2CCC1C(Cc1ccccn1)C2. The number of aromatic nitrogens is 1. The molecule has 2 nitrogen and oxygen atoms in total. The summed E-state index contributed by atoms with van der Waals surface area (Å²) in [6.45, 7) is 0. The first-order chi connectivity index (χ1) is 7.34. The number of hydrogen-bond donors (Lipinski definition) is 1. The van der Waals surface area contributed by atoms with Crippen molar-refractivity contribution < 1.29 is 5.11 Å². The van der Waals surface area contributed by atoms with Gasteiger partial charge in [-0.2, -0.15) is 0 Å². The van der Waals surface area contributed by atoms with E-state index in [4.69, 9.17) is 0 Å². The van der Waals surface area contributed by atoms with Gasteiger partial charge in [0.15, 0.2) is 0 Å². The van der Waals surface area contributed by atoms with Crippen molar-refractivity contribution in [1.82, 2.24) is 4.98 Å². The zero-order valence-corrected chi connectivity index (χ0v) is 8.84. The second-order valence-electron chi connectivity index (χ2n) is 5.01. The fourth-order valence-corrected chi connectivity index (χ4v) is 3.46. The lowest BCUT2D eigenvalue weighted by atomic mass is 9.85. The van der Waals surface area contributed by atoms with Gasteiger partial charge >= 0.3 is 0 Å². The third kappa shape index (κ3) is 1.57. The quantitative estimate of drug-likeness (QED) is 0.797. The first-order valence-electron chi connectivity index (χ1n) is 5.92. The van der Waals surface area contributed by atoms with Crippen molar-refractivity contribution in [2.75, 3.05) is 0 Å². The third-order valence-corrected chi connectivity index (χ3v) is 4.20. The van der Waals surface area contributed by atoms with Crippen LogP contribution in [-0.2, 0) is 6.42 Å². The van der Waals surface area contributed by atoms with Gasteiger partial charge in [-0.25, -0.2) is 0 Å². The summed E-state index contributed by atoms with van der Waals surface area (Å²) in [4.78, 5) is 4.37. The van der Waals surface area contributed by atoms with E-state index < -0.39 is 0 Å². The molecule has 2 bridgehead atoms. The number of aliphatic hydroxyl groups is 1. The zero-order valence-electron chi connectivity index (χ0n) is 8.84. The number of nitrogens with zero attached hydrogens (tertiary/aromatic N) is 1. The number of hydrogen-bond acceptors (Lipinski definition) is 2. The van der Waals surface area contributed by atoms with E-state index in [-0.39, 0.29) is 6.10 Å². The molecule has 2 aliphatic carbocycles. The van der Waals surface area contributed by atoms with Crippen LogP contribution in [0.2, 0.25) is 0 Å². The van der Waals surface area contributed by atoms with E-state index in [9.17, 15) is 5.11 Å². The second kappa shape index (κ2) is 3.60. The summed E-state index contributed by atoms with van der Waals surface area (Å²) in [5.74, 6) is 1.81. The van der Waals surface area contributed by atoms with Crippen LogP contribution in [0.3, 0.4) is 0 Å². The van der Waals surface area contributed by atoms with Crippen molar-refractivity contribution in [3.05, 3.63) is 30.1 Å². The van der Waals surface area contributed by atoms with E-state index in [1.165, 1.54) is 25.0 Å². The number of pyridine rings is 1. The number of aliphatic hydroxyl groups excluding tert-OH is 1. The molecule has 1 aromatic heterocycles. The highest BCUT2D eigenvalue weighted by molar-refractivity contribution is 5.07. The predicted molar refractivity (Wildman–Crippen MR) is 58.3 cm³/mol. The molecule has 1 aromatic rings. The van der Waals surface area contributed by atoms with Crippen LogP contribution in [0.5, 0.6) is 0 Å². The number of fused-ring (bicyclic) bond motifs is 2. The molecule has 15 heavy (non-hydrogen) atoms. The van der Waals surface area contributed by atoms with E-state index in [0.717, 1.165) is 6.42 Å². The van der Waals surface area contributed by atoms with Crippen LogP contribution >= 0.6 is 0 Å². The molecule has 2 saturated carbocycles. The molecule has 0 saturated heterocycles. The van der Waals surface area contributed by atoms with Gasteiger partial charge in [0.1, 0.15) is 0 Å². The van der Waals surface area contributed by atoms with Crippen molar-refractivity contribution >= 4 is 0 Å². The fraction of sp³-hybridized carbons (Fsp3) is 0.615. The molecule has 0 aliphatic heterocycles. The van der Waals surface area contributed by atoms with Crippen LogP contribution in [0, 0.1) is 17.8 Å². The molecular weight excluding hydrogens is 186 g/mol. The van der Waals surface area contributed by atoms with Gasteiger partial charge in [-0.05, 0) is 55.6 Å².